The number of halogens is 2. The summed E-state index contributed by atoms with van der Waals surface area (Å²) in [5, 5.41) is 1.15. The van der Waals surface area contributed by atoms with Gasteiger partial charge in [-0.1, -0.05) is 49.9 Å². The number of benzene rings is 1. The van der Waals surface area contributed by atoms with Crippen molar-refractivity contribution in [2.75, 3.05) is 7.11 Å². The third kappa shape index (κ3) is 4.40. The number of carbonyl (C=O) groups is 1. The molecule has 5 heteroatoms. The predicted molar refractivity (Wildman–Crippen MR) is 110 cm³/mol. The molecule has 0 N–H and O–H groups in total. The van der Waals surface area contributed by atoms with Gasteiger partial charge in [-0.15, -0.1) is 0 Å². The van der Waals surface area contributed by atoms with Gasteiger partial charge in [0.15, 0.2) is 0 Å². The van der Waals surface area contributed by atoms with Crippen LogP contribution in [-0.4, -0.2) is 19.2 Å². The highest BCUT2D eigenvalue weighted by Crippen LogP contribution is 2.52. The van der Waals surface area contributed by atoms with Crippen LogP contribution in [0.4, 0.5) is 0 Å². The van der Waals surface area contributed by atoms with Gasteiger partial charge in [-0.05, 0) is 67.1 Å². The van der Waals surface area contributed by atoms with Crippen molar-refractivity contribution in [3.05, 3.63) is 27.2 Å². The van der Waals surface area contributed by atoms with Crippen molar-refractivity contribution in [3.8, 4) is 5.75 Å². The molecule has 150 valence electrons. The van der Waals surface area contributed by atoms with Crippen molar-refractivity contribution >= 4 is 29.2 Å². The molecule has 2 aliphatic carbocycles. The second-order valence-electron chi connectivity index (χ2n) is 8.39. The third-order valence-electron chi connectivity index (χ3n) is 6.53. The van der Waals surface area contributed by atoms with Gasteiger partial charge >= 0.3 is 5.97 Å². The Hall–Kier alpha value is -0.930. The predicted octanol–water partition coefficient (Wildman–Crippen LogP) is 6.40. The van der Waals surface area contributed by atoms with Crippen LogP contribution in [0.1, 0.15) is 69.9 Å². The first kappa shape index (κ1) is 20.8. The monoisotopic (exact) mass is 412 g/mol. The van der Waals surface area contributed by atoms with Gasteiger partial charge in [0, 0.05) is 6.42 Å². The number of esters is 1. The van der Waals surface area contributed by atoms with E-state index < -0.39 is 0 Å². The highest BCUT2D eigenvalue weighted by atomic mass is 35.5. The molecule has 0 heterocycles. The lowest BCUT2D eigenvalue weighted by Crippen LogP contribution is -2.26. The summed E-state index contributed by atoms with van der Waals surface area (Å²) in [6.45, 7) is 4.45. The van der Waals surface area contributed by atoms with E-state index in [0.717, 1.165) is 25.2 Å². The summed E-state index contributed by atoms with van der Waals surface area (Å²) in [7, 11) is 1.41. The Morgan fingerprint density at radius 1 is 1.26 bits per heavy atom. The first-order chi connectivity index (χ1) is 12.9. The fourth-order valence-corrected chi connectivity index (χ4v) is 5.34. The minimum atomic E-state index is -0.220. The van der Waals surface area contributed by atoms with Gasteiger partial charge in [0.1, 0.15) is 10.8 Å². The first-order valence-corrected chi connectivity index (χ1v) is 10.9. The maximum Gasteiger partial charge on any atom is 0.305 e. The fraction of sp³-hybridized carbons (Fsp3) is 0.682. The molecular formula is C22H30Cl2O3. The molecule has 1 aromatic carbocycles. The zero-order valence-corrected chi connectivity index (χ0v) is 18.1. The lowest BCUT2D eigenvalue weighted by molar-refractivity contribution is -0.141. The van der Waals surface area contributed by atoms with E-state index in [0.29, 0.717) is 28.6 Å². The summed E-state index contributed by atoms with van der Waals surface area (Å²) >= 11 is 13.2. The number of hydrogen-bond acceptors (Lipinski definition) is 3. The smallest absolute Gasteiger partial charge is 0.305 e. The van der Waals surface area contributed by atoms with Gasteiger partial charge in [-0.2, -0.15) is 0 Å². The van der Waals surface area contributed by atoms with Crippen molar-refractivity contribution in [2.24, 2.45) is 11.3 Å². The van der Waals surface area contributed by atoms with Crippen molar-refractivity contribution in [1.82, 2.24) is 0 Å². The summed E-state index contributed by atoms with van der Waals surface area (Å²) in [4.78, 5) is 11.4. The van der Waals surface area contributed by atoms with Crippen LogP contribution in [0, 0.1) is 11.3 Å². The topological polar surface area (TPSA) is 35.5 Å². The highest BCUT2D eigenvalue weighted by molar-refractivity contribution is 6.43. The average molecular weight is 413 g/mol. The standard InChI is InChI=1S/C22H30Cl2O3/c1-4-16(9-10-19(25)26-3)27-18-11-14-12-22(2,15-7-5-6-8-15)13-17(14)20(23)21(18)24/h11,15-16H,4-10,12-13H2,1-3H3/t16-,22?/m0/s1. The van der Waals surface area contributed by atoms with E-state index in [4.69, 9.17) is 32.7 Å². The lowest BCUT2D eigenvalue weighted by atomic mass is 9.74. The molecule has 0 aliphatic heterocycles. The normalized spacial score (nSPS) is 23.3. The van der Waals surface area contributed by atoms with E-state index in [9.17, 15) is 4.79 Å². The molecule has 0 aromatic heterocycles. The van der Waals surface area contributed by atoms with E-state index in [1.807, 2.05) is 6.92 Å². The molecule has 1 fully saturated rings. The lowest BCUT2D eigenvalue weighted by Gasteiger charge is -2.31. The van der Waals surface area contributed by atoms with E-state index in [-0.39, 0.29) is 17.5 Å². The summed E-state index contributed by atoms with van der Waals surface area (Å²) in [5.41, 5.74) is 2.75. The number of carbonyl (C=O) groups excluding carboxylic acids is 1. The molecule has 3 nitrogen and oxygen atoms in total. The molecule has 0 radical (unpaired) electrons. The Balaban J connectivity index is 1.77. The fourth-order valence-electron chi connectivity index (χ4n) is 4.84. The molecule has 3 rings (SSSR count). The second-order valence-corrected chi connectivity index (χ2v) is 9.15. The van der Waals surface area contributed by atoms with Gasteiger partial charge in [0.2, 0.25) is 0 Å². The van der Waals surface area contributed by atoms with Crippen LogP contribution in [0.2, 0.25) is 10.0 Å². The van der Waals surface area contributed by atoms with Crippen LogP contribution in [0.15, 0.2) is 6.07 Å². The summed E-state index contributed by atoms with van der Waals surface area (Å²) in [6.07, 6.45) is 9.04. The molecule has 1 saturated carbocycles. The Bertz CT molecular complexity index is 697. The molecule has 0 saturated heterocycles. The van der Waals surface area contributed by atoms with E-state index in [2.05, 4.69) is 13.0 Å². The molecule has 0 spiro atoms. The maximum absolute atomic E-state index is 11.4. The average Bonchev–Trinajstić information content (AvgIpc) is 3.31. The first-order valence-electron chi connectivity index (χ1n) is 10.1. The third-order valence-corrected chi connectivity index (χ3v) is 7.42. The molecule has 0 amide bonds. The van der Waals surface area contributed by atoms with Gasteiger partial charge in [0.05, 0.1) is 18.2 Å². The Morgan fingerprint density at radius 2 is 1.96 bits per heavy atom. The molecule has 0 bridgehead atoms. The number of hydrogen-bond donors (Lipinski definition) is 0. The largest absolute Gasteiger partial charge is 0.489 e. The zero-order valence-electron chi connectivity index (χ0n) is 16.6. The molecule has 2 atom stereocenters. The number of ether oxygens (including phenoxy) is 2. The van der Waals surface area contributed by atoms with Crippen LogP contribution in [0.25, 0.3) is 0 Å². The molecule has 2 aliphatic rings. The van der Waals surface area contributed by atoms with Gasteiger partial charge in [0.25, 0.3) is 0 Å². The number of fused-ring (bicyclic) bond motifs is 1. The van der Waals surface area contributed by atoms with E-state index >= 15 is 0 Å². The van der Waals surface area contributed by atoms with Crippen LogP contribution in [0.3, 0.4) is 0 Å². The molecular weight excluding hydrogens is 383 g/mol. The van der Waals surface area contributed by atoms with E-state index in [1.54, 1.807) is 0 Å². The van der Waals surface area contributed by atoms with Gasteiger partial charge in [-0.3, -0.25) is 4.79 Å². The van der Waals surface area contributed by atoms with Crippen LogP contribution >= 0.6 is 23.2 Å². The highest BCUT2D eigenvalue weighted by Gasteiger charge is 2.42. The Morgan fingerprint density at radius 3 is 2.59 bits per heavy atom. The number of rotatable bonds is 7. The Labute approximate surface area is 172 Å². The summed E-state index contributed by atoms with van der Waals surface area (Å²) < 4.78 is 10.9. The van der Waals surface area contributed by atoms with Crippen LogP contribution < -0.4 is 4.74 Å². The molecule has 27 heavy (non-hydrogen) atoms. The van der Waals surface area contributed by atoms with Crippen molar-refractivity contribution in [1.29, 1.82) is 0 Å². The second kappa shape index (κ2) is 8.61. The van der Waals surface area contributed by atoms with Crippen molar-refractivity contribution < 1.29 is 14.3 Å². The van der Waals surface area contributed by atoms with Gasteiger partial charge in [-0.25, -0.2) is 0 Å². The maximum atomic E-state index is 11.4. The summed E-state index contributed by atoms with van der Waals surface area (Å²) in [6, 6.07) is 2.09. The van der Waals surface area contributed by atoms with E-state index in [1.165, 1.54) is 43.9 Å². The minimum Gasteiger partial charge on any atom is -0.489 e. The zero-order chi connectivity index (χ0) is 19.6. The molecule has 1 aromatic rings. The quantitative estimate of drug-likeness (QED) is 0.485. The van der Waals surface area contributed by atoms with Crippen molar-refractivity contribution in [3.63, 3.8) is 0 Å². The van der Waals surface area contributed by atoms with Gasteiger partial charge < -0.3 is 9.47 Å². The minimum absolute atomic E-state index is 0.0849. The summed E-state index contributed by atoms with van der Waals surface area (Å²) in [5.74, 6) is 1.20. The van der Waals surface area contributed by atoms with Crippen LogP contribution in [0.5, 0.6) is 5.75 Å². The van der Waals surface area contributed by atoms with Crippen molar-refractivity contribution in [2.45, 2.75) is 77.7 Å². The number of methoxy groups -OCH3 is 1. The van der Waals surface area contributed by atoms with Crippen LogP contribution in [-0.2, 0) is 22.4 Å². The molecule has 1 unspecified atom stereocenters. The Kier molecular flexibility index (Phi) is 6.63. The SMILES string of the molecule is CC[C@@H](CCC(=O)OC)Oc1cc2c(c(Cl)c1Cl)CC(C)(C1CCCC1)C2.